The molecule has 0 saturated heterocycles. The number of rotatable bonds is 50. The maximum atomic E-state index is 12.8. The Hall–Kier alpha value is -2.84. The molecular formula is C60H105NO7P+. The van der Waals surface area contributed by atoms with Gasteiger partial charge in [0.25, 0.3) is 0 Å². The molecular weight excluding hydrogens is 878 g/mol. The molecule has 0 saturated carbocycles. The van der Waals surface area contributed by atoms with E-state index in [4.69, 9.17) is 18.5 Å². The summed E-state index contributed by atoms with van der Waals surface area (Å²) in [4.78, 5) is 23.1. The summed E-state index contributed by atoms with van der Waals surface area (Å²) in [5.41, 5.74) is 0. The molecule has 0 aliphatic rings. The topological polar surface area (TPSA) is 91.3 Å². The van der Waals surface area contributed by atoms with E-state index in [1.807, 2.05) is 21.1 Å². The van der Waals surface area contributed by atoms with Gasteiger partial charge in [-0.25, -0.2) is 4.57 Å². The van der Waals surface area contributed by atoms with Gasteiger partial charge in [0.15, 0.2) is 0 Å². The van der Waals surface area contributed by atoms with Gasteiger partial charge in [0, 0.05) is 13.0 Å². The second-order valence-electron chi connectivity index (χ2n) is 19.2. The molecule has 2 unspecified atom stereocenters. The van der Waals surface area contributed by atoms with Crippen molar-refractivity contribution in [1.82, 2.24) is 0 Å². The molecule has 0 rings (SSSR count). The second kappa shape index (κ2) is 51.5. The third-order valence-corrected chi connectivity index (χ3v) is 12.3. The molecule has 0 heterocycles. The number of quaternary nitrogens is 1. The smallest absolute Gasteiger partial charge is 0.457 e. The highest BCUT2D eigenvalue weighted by atomic mass is 31.2. The van der Waals surface area contributed by atoms with Gasteiger partial charge in [-0.05, 0) is 103 Å². The minimum atomic E-state index is -4.30. The molecule has 0 spiro atoms. The number of nitrogens with zero attached hydrogens (tertiary/aromatic N) is 1. The number of hydrogen-bond acceptors (Lipinski definition) is 6. The van der Waals surface area contributed by atoms with Crippen LogP contribution >= 0.6 is 7.82 Å². The molecule has 8 nitrogen and oxygen atoms in total. The first-order valence-corrected chi connectivity index (χ1v) is 29.1. The van der Waals surface area contributed by atoms with Crippen molar-refractivity contribution in [2.45, 2.75) is 213 Å². The molecule has 0 aromatic rings. The number of carbonyl (C=O) groups excluding carboxylic acids is 1. The number of phosphoric acid groups is 1. The summed E-state index contributed by atoms with van der Waals surface area (Å²) >= 11 is 0. The molecule has 9 heteroatoms. The molecule has 1 N–H and O–H groups in total. The van der Waals surface area contributed by atoms with Crippen molar-refractivity contribution in [2.75, 3.05) is 54.1 Å². The quantitative estimate of drug-likeness (QED) is 0.0213. The number of unbranched alkanes of at least 4 members (excludes halogenated alkanes) is 18. The largest absolute Gasteiger partial charge is 0.472 e. The monoisotopic (exact) mass is 983 g/mol. The summed E-state index contributed by atoms with van der Waals surface area (Å²) in [6, 6.07) is 0. The lowest BCUT2D eigenvalue weighted by molar-refractivity contribution is -0.870. The van der Waals surface area contributed by atoms with Crippen molar-refractivity contribution >= 4 is 13.8 Å². The van der Waals surface area contributed by atoms with Crippen LogP contribution in [0.2, 0.25) is 0 Å². The first kappa shape index (κ1) is 66.2. The number of carbonyl (C=O) groups is 1. The predicted molar refractivity (Wildman–Crippen MR) is 297 cm³/mol. The van der Waals surface area contributed by atoms with Gasteiger partial charge in [-0.1, -0.05) is 207 Å². The fourth-order valence-corrected chi connectivity index (χ4v) is 7.83. The van der Waals surface area contributed by atoms with Gasteiger partial charge >= 0.3 is 13.8 Å². The van der Waals surface area contributed by atoms with E-state index in [-0.39, 0.29) is 25.8 Å². The van der Waals surface area contributed by atoms with Crippen LogP contribution in [-0.4, -0.2) is 75.6 Å². The van der Waals surface area contributed by atoms with E-state index < -0.39 is 13.9 Å². The van der Waals surface area contributed by atoms with E-state index >= 15 is 0 Å². The van der Waals surface area contributed by atoms with Crippen LogP contribution in [0.15, 0.2) is 109 Å². The summed E-state index contributed by atoms with van der Waals surface area (Å²) in [6.07, 6.45) is 72.8. The third kappa shape index (κ3) is 56.0. The standard InChI is InChI=1S/C60H104NO7P/c1-6-8-10-12-14-16-18-20-22-24-26-28-30-32-34-36-38-40-42-44-46-48-50-52-55-65-57-59(58-67-69(63,64)66-56-54-61(3,4)5)68-60(62)53-51-49-47-45-43-41-39-37-35-33-31-29-27-25-23-21-19-17-15-13-11-9-7-2/h8,10,14,16,19-22,25-28,31-34,38,40,59H,6-7,9,11-13,15,17-18,23-24,29-30,35-37,39,41-58H2,1-5H3/p+1/b10-8-,16-14-,21-19-,22-20-,27-25-,28-26-,33-31-,34-32-,40-38-. The van der Waals surface area contributed by atoms with Gasteiger partial charge in [0.2, 0.25) is 0 Å². The summed E-state index contributed by atoms with van der Waals surface area (Å²) < 4.78 is 35.2. The van der Waals surface area contributed by atoms with Crippen LogP contribution in [0, 0.1) is 0 Å². The summed E-state index contributed by atoms with van der Waals surface area (Å²) in [7, 11) is 1.63. The highest BCUT2D eigenvalue weighted by Crippen LogP contribution is 2.43. The Morgan fingerprint density at radius 3 is 1.26 bits per heavy atom. The number of phosphoric ester groups is 1. The van der Waals surface area contributed by atoms with Crippen molar-refractivity contribution in [3.05, 3.63) is 109 Å². The molecule has 0 bridgehead atoms. The van der Waals surface area contributed by atoms with Crippen molar-refractivity contribution < 1.29 is 37.3 Å². The summed E-state index contributed by atoms with van der Waals surface area (Å²) in [5, 5.41) is 0. The van der Waals surface area contributed by atoms with Gasteiger partial charge in [-0.15, -0.1) is 0 Å². The Morgan fingerprint density at radius 2 is 0.841 bits per heavy atom. The Labute approximate surface area is 425 Å². The maximum Gasteiger partial charge on any atom is 0.472 e. The number of esters is 1. The molecule has 0 aromatic heterocycles. The van der Waals surface area contributed by atoms with Gasteiger partial charge in [-0.3, -0.25) is 13.8 Å². The predicted octanol–water partition coefficient (Wildman–Crippen LogP) is 17.5. The van der Waals surface area contributed by atoms with Gasteiger partial charge in [0.1, 0.15) is 19.3 Å². The molecule has 69 heavy (non-hydrogen) atoms. The normalized spacial score (nSPS) is 14.3. The number of ether oxygens (including phenoxy) is 2. The van der Waals surface area contributed by atoms with Crippen molar-refractivity contribution in [3.63, 3.8) is 0 Å². The van der Waals surface area contributed by atoms with E-state index in [9.17, 15) is 14.3 Å². The Balaban J connectivity index is 4.21. The van der Waals surface area contributed by atoms with Gasteiger partial charge in [-0.2, -0.15) is 0 Å². The Kier molecular flexibility index (Phi) is 49.4. The first-order chi connectivity index (χ1) is 33.6. The fourth-order valence-electron chi connectivity index (χ4n) is 7.09. The van der Waals surface area contributed by atoms with Crippen LogP contribution in [0.1, 0.15) is 206 Å². The highest BCUT2D eigenvalue weighted by Gasteiger charge is 2.26. The van der Waals surface area contributed by atoms with E-state index in [1.165, 1.54) is 83.5 Å². The highest BCUT2D eigenvalue weighted by molar-refractivity contribution is 7.47. The Morgan fingerprint density at radius 1 is 0.464 bits per heavy atom. The number of hydrogen-bond donors (Lipinski definition) is 1. The van der Waals surface area contributed by atoms with E-state index in [0.717, 1.165) is 103 Å². The molecule has 0 fully saturated rings. The third-order valence-electron chi connectivity index (χ3n) is 11.3. The molecule has 0 aliphatic heterocycles. The lowest BCUT2D eigenvalue weighted by Crippen LogP contribution is -2.37. The first-order valence-electron chi connectivity index (χ1n) is 27.6. The summed E-state index contributed by atoms with van der Waals surface area (Å²) in [6.45, 7) is 5.42. The summed E-state index contributed by atoms with van der Waals surface area (Å²) in [5.74, 6) is -0.332. The fraction of sp³-hybridized carbons (Fsp3) is 0.683. The molecule has 396 valence electrons. The van der Waals surface area contributed by atoms with Crippen molar-refractivity contribution in [2.24, 2.45) is 0 Å². The van der Waals surface area contributed by atoms with Crippen LogP contribution in [0.3, 0.4) is 0 Å². The van der Waals surface area contributed by atoms with E-state index in [0.29, 0.717) is 24.1 Å². The Bertz CT molecular complexity index is 1470. The van der Waals surface area contributed by atoms with E-state index in [1.54, 1.807) is 0 Å². The zero-order valence-electron chi connectivity index (χ0n) is 45.0. The molecule has 0 aliphatic carbocycles. The van der Waals surface area contributed by atoms with E-state index in [2.05, 4.69) is 123 Å². The van der Waals surface area contributed by atoms with Crippen LogP contribution in [0.25, 0.3) is 0 Å². The maximum absolute atomic E-state index is 12.8. The number of allylic oxidation sites excluding steroid dienone is 18. The van der Waals surface area contributed by atoms with Crippen LogP contribution < -0.4 is 0 Å². The average Bonchev–Trinajstić information content (AvgIpc) is 3.31. The van der Waals surface area contributed by atoms with Crippen LogP contribution in [0.5, 0.6) is 0 Å². The second-order valence-corrected chi connectivity index (χ2v) is 20.7. The molecule has 2 atom stereocenters. The lowest BCUT2D eigenvalue weighted by Gasteiger charge is -2.24. The van der Waals surface area contributed by atoms with Crippen molar-refractivity contribution in [3.8, 4) is 0 Å². The molecule has 0 amide bonds. The zero-order valence-corrected chi connectivity index (χ0v) is 45.9. The molecule has 0 aromatic carbocycles. The van der Waals surface area contributed by atoms with Gasteiger partial charge in [0.05, 0.1) is 34.4 Å². The SMILES string of the molecule is CC/C=C\C/C=C\C/C=C\C/C=C\C/C=C\C/C=C\CCCCCCCOCC(COP(=O)(O)OCC[N+](C)(C)C)OC(=O)CCCCCCCCCC/C=C\C/C=C\C/C=C\CCCCCCC. The van der Waals surface area contributed by atoms with Crippen LogP contribution in [-0.2, 0) is 27.9 Å². The van der Waals surface area contributed by atoms with Gasteiger partial charge < -0.3 is 18.9 Å². The number of likely N-dealkylation sites (N-methyl/N-ethyl adjacent to an activating group) is 1. The molecule has 0 radical (unpaired) electrons. The van der Waals surface area contributed by atoms with Crippen LogP contribution in [0.4, 0.5) is 0 Å². The average molecular weight is 983 g/mol. The lowest BCUT2D eigenvalue weighted by atomic mass is 10.1. The minimum Gasteiger partial charge on any atom is -0.457 e. The minimum absolute atomic E-state index is 0.0763. The van der Waals surface area contributed by atoms with Crippen molar-refractivity contribution in [1.29, 1.82) is 0 Å². The zero-order chi connectivity index (χ0) is 50.5.